The summed E-state index contributed by atoms with van der Waals surface area (Å²) in [7, 11) is 0. The largest absolute Gasteiger partial charge is 0.481 e. The van der Waals surface area contributed by atoms with Crippen LogP contribution >= 0.6 is 0 Å². The summed E-state index contributed by atoms with van der Waals surface area (Å²) < 4.78 is 0. The molecule has 0 aromatic heterocycles. The molecule has 0 heterocycles. The molecule has 0 aliphatic rings. The Labute approximate surface area is 181 Å². The van der Waals surface area contributed by atoms with Crippen molar-refractivity contribution in [2.45, 2.75) is 76.4 Å². The van der Waals surface area contributed by atoms with Crippen LogP contribution in [0, 0.1) is 0 Å². The predicted molar refractivity (Wildman–Crippen MR) is 112 cm³/mol. The number of hydrogen-bond acceptors (Lipinski definition) is 7. The molecule has 0 aromatic rings. The third kappa shape index (κ3) is 14.0. The number of carbonyl (C=O) groups is 5. The first-order valence-electron chi connectivity index (χ1n) is 10.4. The van der Waals surface area contributed by atoms with E-state index in [0.29, 0.717) is 25.8 Å². The second kappa shape index (κ2) is 16.0. The molecule has 0 aromatic carbocycles. The lowest BCUT2D eigenvalue weighted by atomic mass is 10.1. The molecule has 0 radical (unpaired) electrons. The fourth-order valence-electron chi connectivity index (χ4n) is 2.56. The van der Waals surface area contributed by atoms with Gasteiger partial charge in [0.05, 0.1) is 12.1 Å². The minimum atomic E-state index is -1.06. The van der Waals surface area contributed by atoms with Crippen LogP contribution in [0.3, 0.4) is 0 Å². The molecule has 12 nitrogen and oxygen atoms in total. The van der Waals surface area contributed by atoms with Gasteiger partial charge >= 0.3 is 11.9 Å². The minimum absolute atomic E-state index is 0.0367. The summed E-state index contributed by atoms with van der Waals surface area (Å²) in [6, 6.07) is -2.78. The van der Waals surface area contributed by atoms with E-state index in [1.165, 1.54) is 0 Å². The molecule has 3 atom stereocenters. The zero-order valence-corrected chi connectivity index (χ0v) is 17.9. The highest BCUT2D eigenvalue weighted by Gasteiger charge is 2.23. The van der Waals surface area contributed by atoms with Gasteiger partial charge in [0, 0.05) is 25.9 Å². The van der Waals surface area contributed by atoms with Crippen LogP contribution in [0.25, 0.3) is 0 Å². The van der Waals surface area contributed by atoms with E-state index in [1.807, 2.05) is 6.92 Å². The van der Waals surface area contributed by atoms with Gasteiger partial charge in [-0.05, 0) is 38.5 Å². The maximum Gasteiger partial charge on any atom is 0.303 e. The van der Waals surface area contributed by atoms with E-state index in [4.69, 9.17) is 21.7 Å². The molecular formula is C19H35N5O7. The van der Waals surface area contributed by atoms with E-state index in [0.717, 1.165) is 6.42 Å². The number of unbranched alkanes of at least 4 members (excludes halogenated alkanes) is 1. The highest BCUT2D eigenvalue weighted by atomic mass is 16.4. The molecule has 0 aliphatic carbocycles. The minimum Gasteiger partial charge on any atom is -0.481 e. The van der Waals surface area contributed by atoms with Crippen LogP contribution in [0.5, 0.6) is 0 Å². The van der Waals surface area contributed by atoms with Crippen LogP contribution in [-0.4, -0.2) is 71.1 Å². The van der Waals surface area contributed by atoms with Crippen molar-refractivity contribution < 1.29 is 34.2 Å². The second-order valence-corrected chi connectivity index (χ2v) is 7.22. The topological polar surface area (TPSA) is 214 Å². The number of carboxylic acid groups (broad SMARTS) is 2. The molecule has 0 bridgehead atoms. The van der Waals surface area contributed by atoms with Gasteiger partial charge in [0.1, 0.15) is 6.04 Å². The van der Waals surface area contributed by atoms with Gasteiger partial charge < -0.3 is 37.6 Å². The molecule has 3 amide bonds. The summed E-state index contributed by atoms with van der Waals surface area (Å²) in [4.78, 5) is 57.4. The third-order valence-corrected chi connectivity index (χ3v) is 4.41. The molecule has 0 aliphatic heterocycles. The van der Waals surface area contributed by atoms with Gasteiger partial charge in [0.25, 0.3) is 0 Å². The number of amides is 3. The van der Waals surface area contributed by atoms with Gasteiger partial charge in [-0.15, -0.1) is 0 Å². The number of aliphatic carboxylic acids is 2. The molecule has 0 rings (SSSR count). The number of hydrogen-bond donors (Lipinski definition) is 7. The summed E-state index contributed by atoms with van der Waals surface area (Å²) in [5, 5.41) is 25.2. The Balaban J connectivity index is 4.50. The average molecular weight is 446 g/mol. The Morgan fingerprint density at radius 1 is 0.742 bits per heavy atom. The normalized spacial score (nSPS) is 13.5. The van der Waals surface area contributed by atoms with Crippen molar-refractivity contribution in [1.29, 1.82) is 0 Å². The number of rotatable bonds is 17. The van der Waals surface area contributed by atoms with Crippen LogP contribution in [0.1, 0.15) is 58.3 Å². The Hall–Kier alpha value is -2.73. The van der Waals surface area contributed by atoms with Gasteiger partial charge in [-0.1, -0.05) is 6.92 Å². The summed E-state index contributed by atoms with van der Waals surface area (Å²) in [5.74, 6) is -3.50. The van der Waals surface area contributed by atoms with E-state index < -0.39 is 41.9 Å². The van der Waals surface area contributed by atoms with Crippen molar-refractivity contribution in [2.24, 2.45) is 11.5 Å². The van der Waals surface area contributed by atoms with Crippen LogP contribution in [0.15, 0.2) is 0 Å². The van der Waals surface area contributed by atoms with E-state index in [1.54, 1.807) is 0 Å². The Bertz CT molecular complexity index is 614. The SMILES string of the molecule is CCCNC(=O)C(CCCCNC(=O)C(N)CCC(=O)O)NC(=O)C(N)CCC(=O)O. The van der Waals surface area contributed by atoms with Crippen LogP contribution < -0.4 is 27.4 Å². The van der Waals surface area contributed by atoms with Crippen molar-refractivity contribution in [3.05, 3.63) is 0 Å². The number of carbonyl (C=O) groups excluding carboxylic acids is 3. The number of carboxylic acids is 2. The lowest BCUT2D eigenvalue weighted by Gasteiger charge is -2.20. The number of nitrogens with one attached hydrogen (secondary N) is 3. The Kier molecular flexibility index (Phi) is 14.6. The van der Waals surface area contributed by atoms with Gasteiger partial charge in [0.2, 0.25) is 17.7 Å². The van der Waals surface area contributed by atoms with Crippen molar-refractivity contribution in [2.75, 3.05) is 13.1 Å². The van der Waals surface area contributed by atoms with Crippen molar-refractivity contribution >= 4 is 29.7 Å². The predicted octanol–water partition coefficient (Wildman–Crippen LogP) is -1.33. The Morgan fingerprint density at radius 3 is 1.77 bits per heavy atom. The second-order valence-electron chi connectivity index (χ2n) is 7.22. The quantitative estimate of drug-likeness (QED) is 0.132. The van der Waals surface area contributed by atoms with Crippen LogP contribution in [0.2, 0.25) is 0 Å². The van der Waals surface area contributed by atoms with Gasteiger partial charge in [-0.2, -0.15) is 0 Å². The van der Waals surface area contributed by atoms with Crippen molar-refractivity contribution in [1.82, 2.24) is 16.0 Å². The first kappa shape index (κ1) is 28.3. The maximum atomic E-state index is 12.3. The highest BCUT2D eigenvalue weighted by molar-refractivity contribution is 5.89. The molecule has 0 saturated carbocycles. The molecule has 0 saturated heterocycles. The molecular weight excluding hydrogens is 410 g/mol. The standard InChI is InChI=1S/C19H35N5O7/c1-2-10-22-19(31)14(24-18(30)13(21)7-9-16(27)28)5-3-4-11-23-17(29)12(20)6-8-15(25)26/h12-14H,2-11,20-21H2,1H3,(H,22,31)(H,23,29)(H,24,30)(H,25,26)(H,27,28). The maximum absolute atomic E-state index is 12.3. The van der Waals surface area contributed by atoms with Crippen molar-refractivity contribution in [3.8, 4) is 0 Å². The molecule has 178 valence electrons. The van der Waals surface area contributed by atoms with Crippen LogP contribution in [0.4, 0.5) is 0 Å². The Morgan fingerprint density at radius 2 is 1.26 bits per heavy atom. The van der Waals surface area contributed by atoms with E-state index in [-0.39, 0.29) is 38.1 Å². The zero-order chi connectivity index (χ0) is 23.8. The van der Waals surface area contributed by atoms with Gasteiger partial charge in [-0.25, -0.2) is 0 Å². The summed E-state index contributed by atoms with van der Waals surface area (Å²) in [6.45, 7) is 2.62. The fraction of sp³-hybridized carbons (Fsp3) is 0.737. The van der Waals surface area contributed by atoms with E-state index >= 15 is 0 Å². The summed E-state index contributed by atoms with van der Waals surface area (Å²) >= 11 is 0. The zero-order valence-electron chi connectivity index (χ0n) is 17.9. The number of nitrogens with two attached hydrogens (primary N) is 2. The molecule has 9 N–H and O–H groups in total. The first-order valence-corrected chi connectivity index (χ1v) is 10.4. The van der Waals surface area contributed by atoms with Crippen molar-refractivity contribution in [3.63, 3.8) is 0 Å². The lowest BCUT2D eigenvalue weighted by molar-refractivity contribution is -0.138. The lowest BCUT2D eigenvalue weighted by Crippen LogP contribution is -2.51. The molecule has 3 unspecified atom stereocenters. The highest BCUT2D eigenvalue weighted by Crippen LogP contribution is 2.04. The first-order chi connectivity index (χ1) is 14.6. The van der Waals surface area contributed by atoms with E-state index in [2.05, 4.69) is 16.0 Å². The van der Waals surface area contributed by atoms with Gasteiger partial charge in [-0.3, -0.25) is 24.0 Å². The van der Waals surface area contributed by atoms with Gasteiger partial charge in [0.15, 0.2) is 0 Å². The van der Waals surface area contributed by atoms with E-state index in [9.17, 15) is 24.0 Å². The smallest absolute Gasteiger partial charge is 0.303 e. The van der Waals surface area contributed by atoms with Crippen LogP contribution in [-0.2, 0) is 24.0 Å². The fourth-order valence-corrected chi connectivity index (χ4v) is 2.56. The molecule has 12 heteroatoms. The molecule has 0 fully saturated rings. The molecule has 0 spiro atoms. The summed E-state index contributed by atoms with van der Waals surface area (Å²) in [6.07, 6.45) is 1.57. The summed E-state index contributed by atoms with van der Waals surface area (Å²) in [5.41, 5.74) is 11.3. The molecule has 31 heavy (non-hydrogen) atoms. The third-order valence-electron chi connectivity index (χ3n) is 4.41. The average Bonchev–Trinajstić information content (AvgIpc) is 2.72. The monoisotopic (exact) mass is 445 g/mol.